The Morgan fingerprint density at radius 2 is 1.67 bits per heavy atom. The summed E-state index contributed by atoms with van der Waals surface area (Å²) in [4.78, 5) is 27.4. The highest BCUT2D eigenvalue weighted by atomic mass is 16.5. The quantitative estimate of drug-likeness (QED) is 0.129. The summed E-state index contributed by atoms with van der Waals surface area (Å²) in [7, 11) is 1.82. The van der Waals surface area contributed by atoms with E-state index in [2.05, 4.69) is 18.7 Å². The van der Waals surface area contributed by atoms with E-state index in [0.29, 0.717) is 24.5 Å². The van der Waals surface area contributed by atoms with Gasteiger partial charge in [0, 0.05) is 36.3 Å². The number of carbonyl (C=O) groups excluding carboxylic acids is 2. The molecule has 4 aromatic rings. The molecular formula is C33H34N2O4. The lowest BCUT2D eigenvalue weighted by molar-refractivity contribution is -0.138. The van der Waals surface area contributed by atoms with E-state index in [1.54, 1.807) is 17.9 Å². The second-order valence-corrected chi connectivity index (χ2v) is 9.24. The average molecular weight is 523 g/mol. The zero-order valence-corrected chi connectivity index (χ0v) is 22.5. The Bertz CT molecular complexity index is 1460. The molecule has 0 atom stereocenters. The highest BCUT2D eigenvalue weighted by Gasteiger charge is 2.16. The molecule has 0 saturated heterocycles. The number of likely N-dealkylation sites (N-methyl/N-ethyl adjacent to an activating group) is 1. The Morgan fingerprint density at radius 1 is 0.974 bits per heavy atom. The van der Waals surface area contributed by atoms with Crippen LogP contribution in [0.1, 0.15) is 23.6 Å². The first-order chi connectivity index (χ1) is 19.0. The minimum absolute atomic E-state index is 0.00268. The van der Waals surface area contributed by atoms with Crippen LogP contribution in [0.5, 0.6) is 5.75 Å². The third kappa shape index (κ3) is 7.26. The zero-order chi connectivity index (χ0) is 27.6. The number of nitrogens with zero attached hydrogens (tertiary/aromatic N) is 2. The molecule has 1 amide bonds. The molecule has 1 aromatic heterocycles. The monoisotopic (exact) mass is 522 g/mol. The Labute approximate surface area is 229 Å². The van der Waals surface area contributed by atoms with Crippen molar-refractivity contribution in [2.24, 2.45) is 0 Å². The number of fused-ring (bicyclic) bond motifs is 1. The molecule has 0 bridgehead atoms. The lowest BCUT2D eigenvalue weighted by atomic mass is 10.1. The minimum Gasteiger partial charge on any atom is -0.489 e. The number of benzene rings is 3. The fourth-order valence-electron chi connectivity index (χ4n) is 4.30. The molecule has 0 aliphatic heterocycles. The van der Waals surface area contributed by atoms with Crippen molar-refractivity contribution in [1.82, 2.24) is 9.47 Å². The molecular weight excluding hydrogens is 488 g/mol. The van der Waals surface area contributed by atoms with Gasteiger partial charge in [-0.1, -0.05) is 73.3 Å². The molecule has 0 spiro atoms. The normalized spacial score (nSPS) is 11.3. The zero-order valence-electron chi connectivity index (χ0n) is 22.5. The lowest BCUT2D eigenvalue weighted by Crippen LogP contribution is -2.31. The maximum Gasteiger partial charge on any atom is 0.338 e. The number of rotatable bonds is 12. The van der Waals surface area contributed by atoms with Crippen molar-refractivity contribution in [3.63, 3.8) is 0 Å². The summed E-state index contributed by atoms with van der Waals surface area (Å²) in [5, 5.41) is 0.865. The molecule has 39 heavy (non-hydrogen) atoms. The van der Waals surface area contributed by atoms with Crippen molar-refractivity contribution in [2.75, 3.05) is 20.2 Å². The Balaban J connectivity index is 1.60. The predicted molar refractivity (Wildman–Crippen MR) is 155 cm³/mol. The summed E-state index contributed by atoms with van der Waals surface area (Å²) in [6, 6.07) is 25.9. The van der Waals surface area contributed by atoms with Gasteiger partial charge in [-0.3, -0.25) is 4.79 Å². The third-order valence-corrected chi connectivity index (χ3v) is 6.48. The van der Waals surface area contributed by atoms with Crippen LogP contribution in [0, 0.1) is 0 Å². The van der Waals surface area contributed by atoms with Gasteiger partial charge >= 0.3 is 5.97 Å². The highest BCUT2D eigenvalue weighted by molar-refractivity contribution is 6.00. The van der Waals surface area contributed by atoms with E-state index in [1.807, 2.05) is 84.5 Å². The maximum absolute atomic E-state index is 13.2. The van der Waals surface area contributed by atoms with E-state index in [0.717, 1.165) is 28.5 Å². The second kappa shape index (κ2) is 13.3. The average Bonchev–Trinajstić information content (AvgIpc) is 3.30. The van der Waals surface area contributed by atoms with Crippen LogP contribution in [0.4, 0.5) is 0 Å². The molecule has 0 unspecified atom stereocenters. The van der Waals surface area contributed by atoms with Gasteiger partial charge in [0.25, 0.3) is 0 Å². The van der Waals surface area contributed by atoms with Crippen LogP contribution in [0.3, 0.4) is 0 Å². The predicted octanol–water partition coefficient (Wildman–Crippen LogP) is 6.05. The first kappa shape index (κ1) is 27.5. The lowest BCUT2D eigenvalue weighted by Gasteiger charge is -2.18. The van der Waals surface area contributed by atoms with Crippen LogP contribution >= 0.6 is 0 Å². The van der Waals surface area contributed by atoms with Crippen molar-refractivity contribution < 1.29 is 19.1 Å². The van der Waals surface area contributed by atoms with E-state index in [-0.39, 0.29) is 19.1 Å². The van der Waals surface area contributed by atoms with Crippen LogP contribution in [0.15, 0.2) is 103 Å². The first-order valence-electron chi connectivity index (χ1n) is 13.1. The molecule has 6 nitrogen and oxygen atoms in total. The summed E-state index contributed by atoms with van der Waals surface area (Å²) >= 11 is 0. The van der Waals surface area contributed by atoms with Crippen molar-refractivity contribution in [3.8, 4) is 5.75 Å². The number of aromatic nitrogens is 1. The SMILES string of the molecule is C=CC(=Cc1cn(CC(=O)N(C)CCc2ccccc2)c2ccc(OCc3ccccc3)cc12)C(=O)OCC. The van der Waals surface area contributed by atoms with Crippen molar-refractivity contribution in [3.05, 3.63) is 120 Å². The molecule has 0 fully saturated rings. The number of hydrogen-bond donors (Lipinski definition) is 0. The summed E-state index contributed by atoms with van der Waals surface area (Å²) < 4.78 is 13.2. The first-order valence-corrected chi connectivity index (χ1v) is 13.1. The van der Waals surface area contributed by atoms with Gasteiger partial charge in [-0.15, -0.1) is 0 Å². The van der Waals surface area contributed by atoms with Gasteiger partial charge in [0.1, 0.15) is 18.9 Å². The van der Waals surface area contributed by atoms with Gasteiger partial charge in [-0.2, -0.15) is 0 Å². The van der Waals surface area contributed by atoms with E-state index < -0.39 is 5.97 Å². The number of ether oxygens (including phenoxy) is 2. The molecule has 0 N–H and O–H groups in total. The van der Waals surface area contributed by atoms with Crippen LogP contribution in [-0.4, -0.2) is 41.5 Å². The number of hydrogen-bond acceptors (Lipinski definition) is 4. The Morgan fingerprint density at radius 3 is 2.33 bits per heavy atom. The van der Waals surface area contributed by atoms with Crippen LogP contribution in [-0.2, 0) is 33.9 Å². The van der Waals surface area contributed by atoms with E-state index >= 15 is 0 Å². The Kier molecular flexibility index (Phi) is 9.35. The molecule has 0 saturated carbocycles. The molecule has 200 valence electrons. The van der Waals surface area contributed by atoms with Gasteiger partial charge in [-0.25, -0.2) is 4.79 Å². The molecule has 6 heteroatoms. The molecule has 0 aliphatic rings. The molecule has 3 aromatic carbocycles. The number of esters is 1. The van der Waals surface area contributed by atoms with E-state index in [9.17, 15) is 9.59 Å². The van der Waals surface area contributed by atoms with Gasteiger partial charge in [-0.05, 0) is 48.7 Å². The van der Waals surface area contributed by atoms with Gasteiger partial charge in [0.05, 0.1) is 12.2 Å². The van der Waals surface area contributed by atoms with E-state index in [1.165, 1.54) is 11.6 Å². The third-order valence-electron chi connectivity index (χ3n) is 6.48. The van der Waals surface area contributed by atoms with Gasteiger partial charge < -0.3 is 18.9 Å². The summed E-state index contributed by atoms with van der Waals surface area (Å²) in [5.74, 6) is 0.250. The fraction of sp³-hybridized carbons (Fsp3) is 0.212. The minimum atomic E-state index is -0.443. The number of carbonyl (C=O) groups is 2. The number of amides is 1. The topological polar surface area (TPSA) is 60.8 Å². The molecule has 0 aliphatic carbocycles. The largest absolute Gasteiger partial charge is 0.489 e. The fourth-order valence-corrected chi connectivity index (χ4v) is 4.30. The standard InChI is InChI=1S/C33H34N2O4/c1-4-27(33(37)38-5-2)20-28-22-35(23-32(36)34(3)19-18-25-12-8-6-9-13-25)31-17-16-29(21-30(28)31)39-24-26-14-10-7-11-15-26/h4,6-17,20-22H,1,5,18-19,23-24H2,2-3H3. The maximum atomic E-state index is 13.2. The smallest absolute Gasteiger partial charge is 0.338 e. The summed E-state index contributed by atoms with van der Waals surface area (Å²) in [6.45, 7) is 7.04. The van der Waals surface area contributed by atoms with Crippen molar-refractivity contribution in [2.45, 2.75) is 26.5 Å². The van der Waals surface area contributed by atoms with Crippen LogP contribution in [0.2, 0.25) is 0 Å². The van der Waals surface area contributed by atoms with Crippen molar-refractivity contribution >= 4 is 28.9 Å². The van der Waals surface area contributed by atoms with Crippen LogP contribution < -0.4 is 4.74 Å². The van der Waals surface area contributed by atoms with Gasteiger partial charge in [0.15, 0.2) is 0 Å². The molecule has 0 radical (unpaired) electrons. The summed E-state index contributed by atoms with van der Waals surface area (Å²) in [5.41, 5.74) is 4.24. The second-order valence-electron chi connectivity index (χ2n) is 9.24. The van der Waals surface area contributed by atoms with Gasteiger partial charge in [0.2, 0.25) is 5.91 Å². The Hall–Kier alpha value is -4.58. The molecule has 1 heterocycles. The molecule has 4 rings (SSSR count). The van der Waals surface area contributed by atoms with Crippen molar-refractivity contribution in [1.29, 1.82) is 0 Å². The highest BCUT2D eigenvalue weighted by Crippen LogP contribution is 2.29. The van der Waals surface area contributed by atoms with Crippen LogP contribution in [0.25, 0.3) is 17.0 Å². The van der Waals surface area contributed by atoms with E-state index in [4.69, 9.17) is 9.47 Å². The summed E-state index contributed by atoms with van der Waals surface area (Å²) in [6.07, 6.45) is 5.90.